The van der Waals surface area contributed by atoms with Gasteiger partial charge in [0.15, 0.2) is 0 Å². The van der Waals surface area contributed by atoms with Crippen molar-refractivity contribution in [2.75, 3.05) is 18.5 Å². The van der Waals surface area contributed by atoms with Gasteiger partial charge in [0.05, 0.1) is 0 Å². The molecule has 1 radical (unpaired) electrons. The summed E-state index contributed by atoms with van der Waals surface area (Å²) in [5.41, 5.74) is 1.57. The van der Waals surface area contributed by atoms with Crippen molar-refractivity contribution in [1.82, 2.24) is 4.90 Å². The Morgan fingerprint density at radius 2 is 2.50 bits per heavy atom. The average molecular weight is 152 g/mol. The highest BCUT2D eigenvalue weighted by atomic mass is 27.1. The van der Waals surface area contributed by atoms with Crippen LogP contribution in [0.4, 0.5) is 0 Å². The van der Waals surface area contributed by atoms with Crippen LogP contribution in [0.5, 0.6) is 0 Å². The molecule has 0 aromatic rings. The summed E-state index contributed by atoms with van der Waals surface area (Å²) in [7, 11) is 0. The topological polar surface area (TPSA) is 3.24 Å². The van der Waals surface area contributed by atoms with Gasteiger partial charge in [-0.25, -0.2) is 0 Å². The van der Waals surface area contributed by atoms with Gasteiger partial charge in [-0.1, -0.05) is 17.1 Å². The van der Waals surface area contributed by atoms with Gasteiger partial charge in [0.25, 0.3) is 0 Å². The molecule has 0 saturated carbocycles. The van der Waals surface area contributed by atoms with E-state index in [9.17, 15) is 0 Å². The first-order valence-corrected chi connectivity index (χ1v) is 5.96. The molecule has 1 nitrogen and oxygen atoms in total. The van der Waals surface area contributed by atoms with Crippen LogP contribution in [0.15, 0.2) is 11.6 Å². The van der Waals surface area contributed by atoms with Crippen molar-refractivity contribution < 1.29 is 0 Å². The van der Waals surface area contributed by atoms with Crippen LogP contribution in [0, 0.1) is 0 Å². The van der Waals surface area contributed by atoms with E-state index in [0.717, 1.165) is 0 Å². The second-order valence-corrected chi connectivity index (χ2v) is 4.15. The highest BCUT2D eigenvalue weighted by Gasteiger charge is 2.06. The van der Waals surface area contributed by atoms with Gasteiger partial charge in [0, 0.05) is 13.1 Å². The fourth-order valence-electron chi connectivity index (χ4n) is 1.24. The summed E-state index contributed by atoms with van der Waals surface area (Å²) in [5.74, 6) is 2.32. The first-order chi connectivity index (χ1) is 4.83. The van der Waals surface area contributed by atoms with Crippen LogP contribution in [0.25, 0.3) is 0 Å². The van der Waals surface area contributed by atoms with Gasteiger partial charge < -0.3 is 4.90 Å². The average Bonchev–Trinajstić information content (AvgIpc) is 1.95. The summed E-state index contributed by atoms with van der Waals surface area (Å²) in [5, 5.41) is 1.35. The van der Waals surface area contributed by atoms with Crippen LogP contribution in [-0.4, -0.2) is 38.6 Å². The third-order valence-corrected chi connectivity index (χ3v) is 2.84. The molecule has 1 heterocycles. The molecule has 1 aliphatic heterocycles. The van der Waals surface area contributed by atoms with Crippen LogP contribution < -0.4 is 0 Å². The highest BCUT2D eigenvalue weighted by Crippen LogP contribution is 2.07. The largest absolute Gasteiger partial charge is 0.314 e. The van der Waals surface area contributed by atoms with Gasteiger partial charge in [0.1, 0.15) is 0 Å². The van der Waals surface area contributed by atoms with E-state index in [1.165, 1.54) is 24.9 Å². The smallest absolute Gasteiger partial charge is 0.219 e. The highest BCUT2D eigenvalue weighted by molar-refractivity contribution is 6.33. The third-order valence-electron chi connectivity index (χ3n) is 1.96. The zero-order chi connectivity index (χ0) is 7.40. The Hall–Kier alpha value is 0.232. The molecule has 0 bridgehead atoms. The van der Waals surface area contributed by atoms with E-state index in [0.29, 0.717) is 15.2 Å². The number of hydrogen-bond donors (Lipinski definition) is 0. The van der Waals surface area contributed by atoms with E-state index in [1.54, 1.807) is 5.57 Å². The Kier molecular flexibility index (Phi) is 3.48. The van der Waals surface area contributed by atoms with Gasteiger partial charge in [-0.2, -0.15) is 0 Å². The lowest BCUT2D eigenvalue weighted by atomic mass is 10.1. The summed E-state index contributed by atoms with van der Waals surface area (Å²) < 4.78 is 0. The molecular weight excluding hydrogens is 137 g/mol. The van der Waals surface area contributed by atoms with Crippen molar-refractivity contribution >= 4 is 15.2 Å². The van der Waals surface area contributed by atoms with Crippen molar-refractivity contribution in [3.63, 3.8) is 0 Å². The quantitative estimate of drug-likeness (QED) is 0.426. The SMILES string of the molecule is [CH3][Al][CH2]N1CC=C(C)CC1. The van der Waals surface area contributed by atoms with Gasteiger partial charge in [-0.05, 0) is 13.3 Å². The van der Waals surface area contributed by atoms with Crippen LogP contribution in [0.2, 0.25) is 5.79 Å². The maximum atomic E-state index is 2.54. The molecule has 0 N–H and O–H groups in total. The van der Waals surface area contributed by atoms with E-state index < -0.39 is 0 Å². The van der Waals surface area contributed by atoms with E-state index in [4.69, 9.17) is 0 Å². The molecule has 0 saturated heterocycles. The van der Waals surface area contributed by atoms with Crippen LogP contribution in [-0.2, 0) is 0 Å². The standard InChI is InChI=1S/C7H12N.CH3.Al/c1-7-3-5-8(2)6-4-7;;/h3H,2,4-6H2,1H3;1H3;. The second kappa shape index (κ2) is 4.18. The lowest BCUT2D eigenvalue weighted by Crippen LogP contribution is -2.31. The normalized spacial score (nSPS) is 20.4. The Labute approximate surface area is 69.8 Å². The molecule has 0 amide bonds. The predicted molar refractivity (Wildman–Crippen MR) is 46.4 cm³/mol. The predicted octanol–water partition coefficient (Wildman–Crippen LogP) is 1.35. The lowest BCUT2D eigenvalue weighted by Gasteiger charge is -2.24. The van der Waals surface area contributed by atoms with Crippen molar-refractivity contribution in [2.24, 2.45) is 0 Å². The van der Waals surface area contributed by atoms with Gasteiger partial charge in [-0.15, -0.1) is 5.79 Å². The minimum absolute atomic E-state index is 0.663. The molecule has 2 heteroatoms. The Balaban J connectivity index is 2.27. The Bertz CT molecular complexity index is 131. The molecule has 0 aromatic heterocycles. The maximum absolute atomic E-state index is 2.54. The van der Waals surface area contributed by atoms with Gasteiger partial charge in [-0.3, -0.25) is 0 Å². The van der Waals surface area contributed by atoms with E-state index in [2.05, 4.69) is 23.7 Å². The van der Waals surface area contributed by atoms with E-state index in [-0.39, 0.29) is 0 Å². The van der Waals surface area contributed by atoms with Crippen molar-refractivity contribution in [1.29, 1.82) is 0 Å². The minimum atomic E-state index is 0.663. The minimum Gasteiger partial charge on any atom is -0.314 e. The van der Waals surface area contributed by atoms with E-state index >= 15 is 0 Å². The third kappa shape index (κ3) is 2.46. The molecule has 10 heavy (non-hydrogen) atoms. The summed E-state index contributed by atoms with van der Waals surface area (Å²) in [4.78, 5) is 2.54. The fraction of sp³-hybridized carbons (Fsp3) is 0.750. The Morgan fingerprint density at radius 1 is 1.70 bits per heavy atom. The first kappa shape index (κ1) is 8.33. The van der Waals surface area contributed by atoms with Crippen molar-refractivity contribution in [2.45, 2.75) is 19.1 Å². The molecule has 55 valence electrons. The molecule has 1 rings (SSSR count). The monoisotopic (exact) mass is 152 g/mol. The number of hydrogen-bond acceptors (Lipinski definition) is 1. The lowest BCUT2D eigenvalue weighted by molar-refractivity contribution is 0.340. The van der Waals surface area contributed by atoms with E-state index in [1.807, 2.05) is 0 Å². The molecular formula is C8H15AlN. The number of rotatable bonds is 2. The molecule has 1 aliphatic rings. The molecule has 0 atom stereocenters. The molecule has 0 aromatic carbocycles. The summed E-state index contributed by atoms with van der Waals surface area (Å²) in [6.45, 7) is 4.73. The zero-order valence-corrected chi connectivity index (χ0v) is 8.09. The molecule has 0 aliphatic carbocycles. The number of nitrogens with zero attached hydrogens (tertiary/aromatic N) is 1. The first-order valence-electron chi connectivity index (χ1n) is 3.98. The Morgan fingerprint density at radius 3 is 3.00 bits per heavy atom. The molecule has 0 spiro atoms. The summed E-state index contributed by atoms with van der Waals surface area (Å²) in [6.07, 6.45) is 3.65. The maximum Gasteiger partial charge on any atom is 0.219 e. The van der Waals surface area contributed by atoms with Crippen molar-refractivity contribution in [3.8, 4) is 0 Å². The van der Waals surface area contributed by atoms with Gasteiger partial charge in [0.2, 0.25) is 15.2 Å². The molecule has 0 unspecified atom stereocenters. The summed E-state index contributed by atoms with van der Waals surface area (Å²) in [6, 6.07) is 0. The zero-order valence-electron chi connectivity index (χ0n) is 6.93. The summed E-state index contributed by atoms with van der Waals surface area (Å²) >= 11 is 0.663. The molecule has 0 fully saturated rings. The van der Waals surface area contributed by atoms with Gasteiger partial charge >= 0.3 is 0 Å². The second-order valence-electron chi connectivity index (χ2n) is 2.97. The van der Waals surface area contributed by atoms with Crippen LogP contribution >= 0.6 is 0 Å². The van der Waals surface area contributed by atoms with Crippen molar-refractivity contribution in [3.05, 3.63) is 11.6 Å². The van der Waals surface area contributed by atoms with Crippen LogP contribution in [0.3, 0.4) is 0 Å². The van der Waals surface area contributed by atoms with Crippen LogP contribution in [0.1, 0.15) is 13.3 Å². The fourth-order valence-corrected chi connectivity index (χ4v) is 2.08.